The van der Waals surface area contributed by atoms with E-state index in [9.17, 15) is 9.59 Å². The number of carbonyl (C=O) groups excluding carboxylic acids is 1. The number of carbonyl (C=O) groups is 1. The van der Waals surface area contributed by atoms with Gasteiger partial charge in [-0.15, -0.1) is 10.2 Å². The maximum absolute atomic E-state index is 12.9. The molecule has 0 bridgehead atoms. The van der Waals surface area contributed by atoms with Gasteiger partial charge in [0.15, 0.2) is 11.2 Å². The first-order chi connectivity index (χ1) is 12.5. The second kappa shape index (κ2) is 5.92. The molecule has 1 aromatic carbocycles. The second-order valence-corrected chi connectivity index (χ2v) is 6.00. The van der Waals surface area contributed by atoms with Gasteiger partial charge in [-0.2, -0.15) is 5.10 Å². The summed E-state index contributed by atoms with van der Waals surface area (Å²) in [7, 11) is 1.27. The molecule has 0 unspecified atom stereocenters. The van der Waals surface area contributed by atoms with Crippen LogP contribution in [0.5, 0.6) is 0 Å². The summed E-state index contributed by atoms with van der Waals surface area (Å²) in [5.74, 6) is -0.573. The lowest BCUT2D eigenvalue weighted by Gasteiger charge is -2.11. The molecule has 0 radical (unpaired) electrons. The highest BCUT2D eigenvalue weighted by molar-refractivity contribution is 6.31. The Morgan fingerprint density at radius 3 is 2.81 bits per heavy atom. The van der Waals surface area contributed by atoms with Gasteiger partial charge in [0.2, 0.25) is 0 Å². The fraction of sp³-hybridized carbons (Fsp3) is 0.118. The summed E-state index contributed by atoms with van der Waals surface area (Å²) in [6.07, 6.45) is 2.95. The number of rotatable bonds is 2. The van der Waals surface area contributed by atoms with Crippen molar-refractivity contribution in [1.29, 1.82) is 0 Å². The normalized spacial score (nSPS) is 11.2. The van der Waals surface area contributed by atoms with Gasteiger partial charge in [-0.25, -0.2) is 9.31 Å². The highest BCUT2D eigenvalue weighted by Gasteiger charge is 2.18. The average molecular weight is 370 g/mol. The zero-order valence-electron chi connectivity index (χ0n) is 13.8. The molecule has 0 aliphatic carbocycles. The molecule has 0 fully saturated rings. The Morgan fingerprint density at radius 2 is 2.04 bits per heavy atom. The molecule has 130 valence electrons. The minimum atomic E-state index is -0.573. The zero-order chi connectivity index (χ0) is 18.4. The molecular formula is C17H12ClN5O3. The van der Waals surface area contributed by atoms with Gasteiger partial charge in [0.05, 0.1) is 19.0 Å². The second-order valence-electron chi connectivity index (χ2n) is 5.59. The molecule has 0 aliphatic rings. The summed E-state index contributed by atoms with van der Waals surface area (Å²) in [5, 5.41) is 12.7. The van der Waals surface area contributed by atoms with E-state index in [2.05, 4.69) is 15.3 Å². The van der Waals surface area contributed by atoms with E-state index in [1.807, 2.05) is 6.92 Å². The number of methoxy groups -OCH3 is 1. The number of pyridine rings is 1. The smallest absolute Gasteiger partial charge is 0.343 e. The lowest BCUT2D eigenvalue weighted by molar-refractivity contribution is 0.0602. The van der Waals surface area contributed by atoms with Gasteiger partial charge < -0.3 is 4.74 Å². The van der Waals surface area contributed by atoms with Crippen LogP contribution in [0.3, 0.4) is 0 Å². The van der Waals surface area contributed by atoms with Crippen LogP contribution in [0.25, 0.3) is 22.4 Å². The Balaban J connectivity index is 2.00. The number of benzene rings is 1. The fourth-order valence-electron chi connectivity index (χ4n) is 2.79. The van der Waals surface area contributed by atoms with Gasteiger partial charge in [0.25, 0.3) is 5.56 Å². The van der Waals surface area contributed by atoms with Gasteiger partial charge >= 0.3 is 5.97 Å². The van der Waals surface area contributed by atoms with Crippen molar-refractivity contribution in [2.75, 3.05) is 7.11 Å². The third-order valence-electron chi connectivity index (χ3n) is 4.17. The van der Waals surface area contributed by atoms with Crippen molar-refractivity contribution < 1.29 is 9.53 Å². The highest BCUT2D eigenvalue weighted by Crippen LogP contribution is 2.22. The zero-order valence-corrected chi connectivity index (χ0v) is 14.6. The predicted molar refractivity (Wildman–Crippen MR) is 95.0 cm³/mol. The Labute approximate surface area is 151 Å². The maximum atomic E-state index is 12.9. The number of halogens is 1. The topological polar surface area (TPSA) is 91.4 Å². The number of nitrogens with zero attached hydrogens (tertiary/aromatic N) is 5. The quantitative estimate of drug-likeness (QED) is 0.503. The van der Waals surface area contributed by atoms with Crippen molar-refractivity contribution in [2.24, 2.45) is 0 Å². The average Bonchev–Trinajstić information content (AvgIpc) is 3.08. The van der Waals surface area contributed by atoms with E-state index in [0.29, 0.717) is 16.2 Å². The molecule has 0 saturated heterocycles. The van der Waals surface area contributed by atoms with Crippen LogP contribution in [0.15, 0.2) is 41.5 Å². The first kappa shape index (κ1) is 16.2. The van der Waals surface area contributed by atoms with Crippen LogP contribution in [-0.2, 0) is 4.74 Å². The van der Waals surface area contributed by atoms with Gasteiger partial charge in [0.1, 0.15) is 11.1 Å². The summed E-state index contributed by atoms with van der Waals surface area (Å²) in [6, 6.07) is 7.01. The minimum absolute atomic E-state index is 0.124. The summed E-state index contributed by atoms with van der Waals surface area (Å²) in [4.78, 5) is 24.7. The lowest BCUT2D eigenvalue weighted by Crippen LogP contribution is -2.21. The first-order valence-electron chi connectivity index (χ1n) is 7.62. The van der Waals surface area contributed by atoms with E-state index < -0.39 is 5.97 Å². The number of aromatic nitrogens is 5. The van der Waals surface area contributed by atoms with Crippen LogP contribution in [-0.4, -0.2) is 37.5 Å². The Hall–Kier alpha value is -3.26. The van der Waals surface area contributed by atoms with Crippen molar-refractivity contribution in [3.05, 3.63) is 63.2 Å². The highest BCUT2D eigenvalue weighted by atomic mass is 35.5. The summed E-state index contributed by atoms with van der Waals surface area (Å²) in [6.45, 7) is 1.83. The van der Waals surface area contributed by atoms with Crippen molar-refractivity contribution in [1.82, 2.24) is 24.4 Å². The molecule has 26 heavy (non-hydrogen) atoms. The molecule has 0 amide bonds. The van der Waals surface area contributed by atoms with Crippen molar-refractivity contribution in [3.8, 4) is 5.69 Å². The summed E-state index contributed by atoms with van der Waals surface area (Å²) >= 11 is 6.16. The van der Waals surface area contributed by atoms with E-state index in [4.69, 9.17) is 16.3 Å². The van der Waals surface area contributed by atoms with Gasteiger partial charge in [0, 0.05) is 11.2 Å². The number of hydrogen-bond donors (Lipinski definition) is 0. The molecule has 4 aromatic rings. The SMILES string of the molecule is COC(=O)c1cnn2c1nnc1c(=O)n(-c3cccc(Cl)c3C)ccc12. The van der Waals surface area contributed by atoms with Gasteiger partial charge in [-0.1, -0.05) is 17.7 Å². The van der Waals surface area contributed by atoms with Crippen molar-refractivity contribution in [3.63, 3.8) is 0 Å². The van der Waals surface area contributed by atoms with Crippen LogP contribution in [0, 0.1) is 6.92 Å². The van der Waals surface area contributed by atoms with Crippen LogP contribution in [0.2, 0.25) is 5.02 Å². The summed E-state index contributed by atoms with van der Waals surface area (Å²) < 4.78 is 7.55. The third-order valence-corrected chi connectivity index (χ3v) is 4.58. The number of hydrogen-bond acceptors (Lipinski definition) is 6. The Kier molecular flexibility index (Phi) is 3.69. The molecule has 8 nitrogen and oxygen atoms in total. The monoisotopic (exact) mass is 369 g/mol. The Bertz CT molecular complexity index is 1240. The van der Waals surface area contributed by atoms with Crippen molar-refractivity contribution >= 4 is 34.3 Å². The molecule has 0 spiro atoms. The van der Waals surface area contributed by atoms with Gasteiger partial charge in [-0.3, -0.25) is 9.36 Å². The van der Waals surface area contributed by atoms with Crippen LogP contribution in [0.4, 0.5) is 0 Å². The molecule has 3 heterocycles. The fourth-order valence-corrected chi connectivity index (χ4v) is 2.96. The van der Waals surface area contributed by atoms with Crippen LogP contribution < -0.4 is 5.56 Å². The van der Waals surface area contributed by atoms with E-state index in [-0.39, 0.29) is 22.3 Å². The van der Waals surface area contributed by atoms with Crippen LogP contribution in [0.1, 0.15) is 15.9 Å². The summed E-state index contributed by atoms with van der Waals surface area (Å²) in [5.41, 5.74) is 2.03. The van der Waals surface area contributed by atoms with E-state index >= 15 is 0 Å². The molecule has 0 atom stereocenters. The third kappa shape index (κ3) is 2.26. The molecule has 0 aliphatic heterocycles. The van der Waals surface area contributed by atoms with E-state index in [1.165, 1.54) is 22.4 Å². The molecule has 3 aromatic heterocycles. The number of esters is 1. The number of fused-ring (bicyclic) bond motifs is 3. The van der Waals surface area contributed by atoms with E-state index in [1.54, 1.807) is 30.5 Å². The lowest BCUT2D eigenvalue weighted by atomic mass is 10.2. The number of ether oxygens (including phenoxy) is 1. The largest absolute Gasteiger partial charge is 0.465 e. The van der Waals surface area contributed by atoms with Crippen molar-refractivity contribution in [2.45, 2.75) is 6.92 Å². The van der Waals surface area contributed by atoms with Gasteiger partial charge in [-0.05, 0) is 30.7 Å². The molecule has 9 heteroatoms. The Morgan fingerprint density at radius 1 is 1.23 bits per heavy atom. The van der Waals surface area contributed by atoms with E-state index in [0.717, 1.165) is 5.56 Å². The standard InChI is InChI=1S/C17H12ClN5O3/c1-9-11(18)4-3-5-12(9)22-7-6-13-14(16(22)24)20-21-15-10(17(25)26-2)8-19-23(13)15/h3-8H,1-2H3. The van der Waals surface area contributed by atoms with Crippen LogP contribution >= 0.6 is 11.6 Å². The first-order valence-corrected chi connectivity index (χ1v) is 8.00. The minimum Gasteiger partial charge on any atom is -0.465 e. The molecular weight excluding hydrogens is 358 g/mol. The maximum Gasteiger partial charge on any atom is 0.343 e. The molecule has 0 saturated carbocycles. The molecule has 4 rings (SSSR count). The predicted octanol–water partition coefficient (Wildman–Crippen LogP) is 2.18. The molecule has 0 N–H and O–H groups in total.